The smallest absolute Gasteiger partial charge is 0.0351 e. The van der Waals surface area contributed by atoms with Crippen LogP contribution in [0.15, 0.2) is 12.7 Å². The second-order valence-corrected chi connectivity index (χ2v) is 3.64. The van der Waals surface area contributed by atoms with Crippen LogP contribution in [0.3, 0.4) is 0 Å². The molecule has 0 spiro atoms. The Morgan fingerprint density at radius 2 is 1.92 bits per heavy atom. The maximum absolute atomic E-state index is 3.76. The van der Waals surface area contributed by atoms with Crippen LogP contribution in [0.4, 0.5) is 0 Å². The lowest BCUT2D eigenvalue weighted by atomic mass is 9.94. The highest BCUT2D eigenvalue weighted by atomic mass is 14.1. The van der Waals surface area contributed by atoms with Crippen molar-refractivity contribution in [3.05, 3.63) is 12.7 Å². The highest BCUT2D eigenvalue weighted by Crippen LogP contribution is 2.18. The van der Waals surface area contributed by atoms with Gasteiger partial charge in [-0.15, -0.1) is 6.58 Å². The van der Waals surface area contributed by atoms with Crippen molar-refractivity contribution >= 4 is 0 Å². The highest BCUT2D eigenvalue weighted by Gasteiger charge is 2.03. The van der Waals surface area contributed by atoms with Crippen LogP contribution >= 0.6 is 0 Å². The Kier molecular flexibility index (Phi) is 8.64. The first-order chi connectivity index (χ1) is 5.85. The van der Waals surface area contributed by atoms with E-state index in [9.17, 15) is 0 Å². The van der Waals surface area contributed by atoms with Crippen molar-refractivity contribution in [2.45, 2.75) is 58.8 Å². The van der Waals surface area contributed by atoms with E-state index in [0.29, 0.717) is 0 Å². The van der Waals surface area contributed by atoms with Crippen LogP contribution in [0.2, 0.25) is 0 Å². The van der Waals surface area contributed by atoms with Gasteiger partial charge in [-0.2, -0.15) is 0 Å². The molecular weight excluding hydrogens is 144 g/mol. The fourth-order valence-corrected chi connectivity index (χ4v) is 1.59. The quantitative estimate of drug-likeness (QED) is 0.368. The zero-order valence-corrected chi connectivity index (χ0v) is 8.81. The van der Waals surface area contributed by atoms with E-state index in [0.717, 1.165) is 5.92 Å². The van der Waals surface area contributed by atoms with Crippen LogP contribution < -0.4 is 0 Å². The summed E-state index contributed by atoms with van der Waals surface area (Å²) in [6, 6.07) is 0. The molecule has 0 aliphatic rings. The predicted octanol–water partition coefficient (Wildman–Crippen LogP) is 4.56. The van der Waals surface area contributed by atoms with Gasteiger partial charge in [-0.25, -0.2) is 0 Å². The first kappa shape index (κ1) is 11.7. The predicted molar refractivity (Wildman–Crippen MR) is 57.4 cm³/mol. The summed E-state index contributed by atoms with van der Waals surface area (Å²) < 4.78 is 0. The Morgan fingerprint density at radius 3 is 2.42 bits per heavy atom. The number of allylic oxidation sites excluding steroid dienone is 1. The summed E-state index contributed by atoms with van der Waals surface area (Å²) in [6.07, 6.45) is 11.5. The van der Waals surface area contributed by atoms with E-state index in [1.807, 2.05) is 6.08 Å². The van der Waals surface area contributed by atoms with Crippen LogP contribution in [0, 0.1) is 5.92 Å². The zero-order chi connectivity index (χ0) is 9.23. The van der Waals surface area contributed by atoms with Crippen molar-refractivity contribution in [1.82, 2.24) is 0 Å². The molecule has 0 rings (SSSR count). The van der Waals surface area contributed by atoms with Gasteiger partial charge in [-0.05, 0) is 18.8 Å². The van der Waals surface area contributed by atoms with Crippen LogP contribution in [0.5, 0.6) is 0 Å². The van der Waals surface area contributed by atoms with Gasteiger partial charge >= 0.3 is 0 Å². The van der Waals surface area contributed by atoms with Crippen molar-refractivity contribution in [3.8, 4) is 0 Å². The number of hydrogen-bond donors (Lipinski definition) is 0. The third kappa shape index (κ3) is 6.45. The highest BCUT2D eigenvalue weighted by molar-refractivity contribution is 4.69. The van der Waals surface area contributed by atoms with E-state index >= 15 is 0 Å². The molecule has 1 unspecified atom stereocenters. The average molecular weight is 168 g/mol. The van der Waals surface area contributed by atoms with E-state index in [-0.39, 0.29) is 0 Å². The van der Waals surface area contributed by atoms with Crippen LogP contribution in [0.25, 0.3) is 0 Å². The van der Waals surface area contributed by atoms with E-state index in [2.05, 4.69) is 20.4 Å². The standard InChI is InChI=1S/C12H24/c1-4-7-9-11-12(6-3)10-8-5-2/h5,12H,2,4,6-11H2,1,3H3. The summed E-state index contributed by atoms with van der Waals surface area (Å²) in [5.74, 6) is 0.953. The molecule has 0 bridgehead atoms. The van der Waals surface area contributed by atoms with Gasteiger partial charge < -0.3 is 0 Å². The number of unbranched alkanes of at least 4 members (excludes halogenated alkanes) is 2. The van der Waals surface area contributed by atoms with E-state index < -0.39 is 0 Å². The molecule has 0 N–H and O–H groups in total. The summed E-state index contributed by atoms with van der Waals surface area (Å²) in [6.45, 7) is 8.34. The molecule has 0 saturated heterocycles. The molecular formula is C12H24. The third-order valence-electron chi connectivity index (χ3n) is 2.57. The minimum atomic E-state index is 0.953. The first-order valence-corrected chi connectivity index (χ1v) is 5.46. The molecule has 0 heterocycles. The SMILES string of the molecule is C=CCCC(CC)CCCCC. The Bertz CT molecular complexity index is 94.2. The van der Waals surface area contributed by atoms with Gasteiger partial charge in [0, 0.05) is 0 Å². The van der Waals surface area contributed by atoms with Crippen LogP contribution in [-0.4, -0.2) is 0 Å². The molecule has 0 amide bonds. The van der Waals surface area contributed by atoms with Gasteiger partial charge in [0.2, 0.25) is 0 Å². The first-order valence-electron chi connectivity index (χ1n) is 5.46. The van der Waals surface area contributed by atoms with Crippen molar-refractivity contribution < 1.29 is 0 Å². The Hall–Kier alpha value is -0.260. The van der Waals surface area contributed by atoms with Crippen LogP contribution in [0.1, 0.15) is 58.8 Å². The van der Waals surface area contributed by atoms with Gasteiger partial charge in [0.15, 0.2) is 0 Å². The number of rotatable bonds is 8. The molecule has 0 nitrogen and oxygen atoms in total. The Balaban J connectivity index is 3.32. The zero-order valence-electron chi connectivity index (χ0n) is 8.81. The van der Waals surface area contributed by atoms with Crippen molar-refractivity contribution in [1.29, 1.82) is 0 Å². The molecule has 0 aromatic heterocycles. The van der Waals surface area contributed by atoms with Crippen molar-refractivity contribution in [2.75, 3.05) is 0 Å². The van der Waals surface area contributed by atoms with Gasteiger partial charge in [-0.1, -0.05) is 52.0 Å². The molecule has 0 aliphatic heterocycles. The Morgan fingerprint density at radius 1 is 1.17 bits per heavy atom. The minimum absolute atomic E-state index is 0.953. The second kappa shape index (κ2) is 8.83. The van der Waals surface area contributed by atoms with Crippen molar-refractivity contribution in [2.24, 2.45) is 5.92 Å². The lowest BCUT2D eigenvalue weighted by molar-refractivity contribution is 0.420. The summed E-state index contributed by atoms with van der Waals surface area (Å²) in [5, 5.41) is 0. The maximum Gasteiger partial charge on any atom is -0.0351 e. The topological polar surface area (TPSA) is 0 Å². The molecule has 1 atom stereocenters. The molecule has 0 heteroatoms. The van der Waals surface area contributed by atoms with Gasteiger partial charge in [0.25, 0.3) is 0 Å². The monoisotopic (exact) mass is 168 g/mol. The molecule has 0 aromatic carbocycles. The summed E-state index contributed by atoms with van der Waals surface area (Å²) >= 11 is 0. The summed E-state index contributed by atoms with van der Waals surface area (Å²) in [5.41, 5.74) is 0. The molecule has 12 heavy (non-hydrogen) atoms. The fraction of sp³-hybridized carbons (Fsp3) is 0.833. The van der Waals surface area contributed by atoms with Crippen molar-refractivity contribution in [3.63, 3.8) is 0 Å². The molecule has 0 saturated carbocycles. The van der Waals surface area contributed by atoms with Crippen LogP contribution in [-0.2, 0) is 0 Å². The lowest BCUT2D eigenvalue weighted by Gasteiger charge is -2.12. The third-order valence-corrected chi connectivity index (χ3v) is 2.57. The lowest BCUT2D eigenvalue weighted by Crippen LogP contribution is -1.97. The molecule has 0 fully saturated rings. The van der Waals surface area contributed by atoms with E-state index in [4.69, 9.17) is 0 Å². The average Bonchev–Trinajstić information content (AvgIpc) is 2.11. The van der Waals surface area contributed by atoms with E-state index in [1.165, 1.54) is 44.9 Å². The molecule has 72 valence electrons. The second-order valence-electron chi connectivity index (χ2n) is 3.64. The van der Waals surface area contributed by atoms with Gasteiger partial charge in [-0.3, -0.25) is 0 Å². The molecule has 0 radical (unpaired) electrons. The normalized spacial score (nSPS) is 12.8. The maximum atomic E-state index is 3.76. The minimum Gasteiger partial charge on any atom is -0.103 e. The molecule has 0 aliphatic carbocycles. The largest absolute Gasteiger partial charge is 0.103 e. The summed E-state index contributed by atoms with van der Waals surface area (Å²) in [7, 11) is 0. The number of hydrogen-bond acceptors (Lipinski definition) is 0. The molecule has 0 aromatic rings. The van der Waals surface area contributed by atoms with Gasteiger partial charge in [0.05, 0.1) is 0 Å². The Labute approximate surface area is 78.1 Å². The fourth-order valence-electron chi connectivity index (χ4n) is 1.59. The van der Waals surface area contributed by atoms with E-state index in [1.54, 1.807) is 0 Å². The van der Waals surface area contributed by atoms with Gasteiger partial charge in [0.1, 0.15) is 0 Å². The summed E-state index contributed by atoms with van der Waals surface area (Å²) in [4.78, 5) is 0.